The molecule has 1 aliphatic rings. The molecule has 3 rings (SSSR count). The van der Waals surface area contributed by atoms with Gasteiger partial charge in [0.25, 0.3) is 0 Å². The molecule has 0 spiro atoms. The second kappa shape index (κ2) is 7.24. The Morgan fingerprint density at radius 3 is 2.82 bits per heavy atom. The van der Waals surface area contributed by atoms with Crippen molar-refractivity contribution in [2.75, 3.05) is 19.3 Å². The van der Waals surface area contributed by atoms with Crippen LogP contribution in [0.25, 0.3) is 5.69 Å². The number of aryl methyl sites for hydroxylation is 1. The van der Waals surface area contributed by atoms with Crippen molar-refractivity contribution in [3.05, 3.63) is 29.8 Å². The summed E-state index contributed by atoms with van der Waals surface area (Å²) < 4.78 is 1.83. The van der Waals surface area contributed by atoms with Crippen LogP contribution in [-0.4, -0.2) is 50.5 Å². The molecule has 0 radical (unpaired) electrons. The van der Waals surface area contributed by atoms with Gasteiger partial charge in [-0.05, 0) is 62.3 Å². The van der Waals surface area contributed by atoms with Crippen LogP contribution in [0.3, 0.4) is 0 Å². The van der Waals surface area contributed by atoms with Crippen LogP contribution in [0, 0.1) is 6.92 Å². The van der Waals surface area contributed by atoms with Gasteiger partial charge < -0.3 is 4.90 Å². The number of nitrogens with zero attached hydrogens (tertiary/aromatic N) is 5. The van der Waals surface area contributed by atoms with E-state index in [1.54, 1.807) is 11.8 Å². The summed E-state index contributed by atoms with van der Waals surface area (Å²) in [4.78, 5) is 2.49. The van der Waals surface area contributed by atoms with Crippen LogP contribution >= 0.6 is 11.8 Å². The normalized spacial score (nSPS) is 19.5. The first kappa shape index (κ1) is 15.5. The number of thioether (sulfide) groups is 1. The third kappa shape index (κ3) is 3.67. The highest BCUT2D eigenvalue weighted by Gasteiger charge is 2.19. The predicted octanol–water partition coefficient (Wildman–Crippen LogP) is 2.94. The van der Waals surface area contributed by atoms with E-state index in [-0.39, 0.29) is 0 Å². The number of tetrazole rings is 1. The Kier molecular flexibility index (Phi) is 5.10. The molecule has 0 saturated carbocycles. The third-order valence-corrected chi connectivity index (χ3v) is 5.28. The number of likely N-dealkylation sites (tertiary alicyclic amines) is 1. The molecular formula is C16H23N5S. The highest BCUT2D eigenvalue weighted by atomic mass is 32.2. The van der Waals surface area contributed by atoms with Crippen molar-refractivity contribution >= 4 is 11.8 Å². The first-order chi connectivity index (χ1) is 10.7. The smallest absolute Gasteiger partial charge is 0.214 e. The van der Waals surface area contributed by atoms with E-state index in [0.717, 1.165) is 16.6 Å². The molecule has 0 amide bonds. The van der Waals surface area contributed by atoms with Gasteiger partial charge >= 0.3 is 0 Å². The average Bonchev–Trinajstić information content (AvgIpc) is 2.98. The number of aromatic nitrogens is 4. The monoisotopic (exact) mass is 317 g/mol. The minimum atomic E-state index is 0.713. The van der Waals surface area contributed by atoms with Crippen LogP contribution < -0.4 is 0 Å². The zero-order valence-corrected chi connectivity index (χ0v) is 14.1. The van der Waals surface area contributed by atoms with Gasteiger partial charge in [-0.15, -0.1) is 5.10 Å². The van der Waals surface area contributed by atoms with E-state index in [9.17, 15) is 0 Å². The van der Waals surface area contributed by atoms with Crippen LogP contribution in [0.1, 0.15) is 31.2 Å². The summed E-state index contributed by atoms with van der Waals surface area (Å²) in [5.74, 6) is 1.06. The molecule has 1 fully saturated rings. The Labute approximate surface area is 136 Å². The zero-order chi connectivity index (χ0) is 15.4. The van der Waals surface area contributed by atoms with Gasteiger partial charge in [0.2, 0.25) is 5.16 Å². The summed E-state index contributed by atoms with van der Waals surface area (Å²) in [6.45, 7) is 3.32. The first-order valence-electron chi connectivity index (χ1n) is 7.92. The van der Waals surface area contributed by atoms with Gasteiger partial charge in [0, 0.05) is 11.8 Å². The maximum Gasteiger partial charge on any atom is 0.214 e. The maximum absolute atomic E-state index is 4.17. The second-order valence-electron chi connectivity index (χ2n) is 5.98. The lowest BCUT2D eigenvalue weighted by Gasteiger charge is -2.32. The van der Waals surface area contributed by atoms with Crippen molar-refractivity contribution in [1.29, 1.82) is 0 Å². The molecule has 1 aliphatic heterocycles. The average molecular weight is 317 g/mol. The Bertz CT molecular complexity index is 595. The maximum atomic E-state index is 4.17. The molecular weight excluding hydrogens is 294 g/mol. The Balaban J connectivity index is 1.59. The number of benzene rings is 1. The molecule has 1 unspecified atom stereocenters. The standard InChI is InChI=1S/C16H23N5S/c1-13-6-8-15(9-7-13)21-16(17-18-19-21)22-12-10-14-5-3-4-11-20(14)2/h6-9,14H,3-5,10-12H2,1-2H3. The number of piperidine rings is 1. The molecule has 118 valence electrons. The van der Waals surface area contributed by atoms with Crippen LogP contribution in [0.15, 0.2) is 29.4 Å². The van der Waals surface area contributed by atoms with Gasteiger partial charge in [0.15, 0.2) is 0 Å². The topological polar surface area (TPSA) is 46.8 Å². The number of hydrogen-bond donors (Lipinski definition) is 0. The van der Waals surface area contributed by atoms with Crippen molar-refractivity contribution < 1.29 is 0 Å². The van der Waals surface area contributed by atoms with Crippen molar-refractivity contribution in [1.82, 2.24) is 25.1 Å². The van der Waals surface area contributed by atoms with Crippen molar-refractivity contribution in [3.8, 4) is 5.69 Å². The van der Waals surface area contributed by atoms with Gasteiger partial charge in [-0.1, -0.05) is 35.9 Å². The van der Waals surface area contributed by atoms with Crippen LogP contribution in [0.2, 0.25) is 0 Å². The highest BCUT2D eigenvalue weighted by molar-refractivity contribution is 7.99. The summed E-state index contributed by atoms with van der Waals surface area (Å²) in [6, 6.07) is 9.00. The summed E-state index contributed by atoms with van der Waals surface area (Å²) >= 11 is 1.75. The van der Waals surface area contributed by atoms with Gasteiger partial charge in [-0.2, -0.15) is 4.68 Å². The number of hydrogen-bond acceptors (Lipinski definition) is 5. The zero-order valence-electron chi connectivity index (χ0n) is 13.3. The van der Waals surface area contributed by atoms with Crippen molar-refractivity contribution in [2.45, 2.75) is 43.8 Å². The molecule has 0 aliphatic carbocycles. The fourth-order valence-corrected chi connectivity index (χ4v) is 3.84. The Hall–Kier alpha value is -1.40. The largest absolute Gasteiger partial charge is 0.303 e. The van der Waals surface area contributed by atoms with Crippen LogP contribution in [0.5, 0.6) is 0 Å². The lowest BCUT2D eigenvalue weighted by molar-refractivity contribution is 0.182. The minimum absolute atomic E-state index is 0.713. The van der Waals surface area contributed by atoms with Gasteiger partial charge in [-0.3, -0.25) is 0 Å². The van der Waals surface area contributed by atoms with E-state index in [0.29, 0.717) is 6.04 Å². The lowest BCUT2D eigenvalue weighted by atomic mass is 10.0. The molecule has 2 heterocycles. The fraction of sp³-hybridized carbons (Fsp3) is 0.562. The SMILES string of the molecule is Cc1ccc(-n2nnnc2SCCC2CCCCN2C)cc1. The van der Waals surface area contributed by atoms with E-state index in [4.69, 9.17) is 0 Å². The summed E-state index contributed by atoms with van der Waals surface area (Å²) in [6.07, 6.45) is 5.22. The van der Waals surface area contributed by atoms with Gasteiger partial charge in [-0.25, -0.2) is 0 Å². The third-order valence-electron chi connectivity index (χ3n) is 4.32. The molecule has 2 aromatic rings. The molecule has 6 heteroatoms. The summed E-state index contributed by atoms with van der Waals surface area (Å²) in [5.41, 5.74) is 2.26. The van der Waals surface area contributed by atoms with Crippen molar-refractivity contribution in [3.63, 3.8) is 0 Å². The summed E-state index contributed by atoms with van der Waals surface area (Å²) in [5, 5.41) is 13.0. The van der Waals surface area contributed by atoms with E-state index >= 15 is 0 Å². The molecule has 0 bridgehead atoms. The van der Waals surface area contributed by atoms with Crippen LogP contribution in [-0.2, 0) is 0 Å². The van der Waals surface area contributed by atoms with E-state index in [1.165, 1.54) is 37.8 Å². The fourth-order valence-electron chi connectivity index (χ4n) is 2.91. The molecule has 5 nitrogen and oxygen atoms in total. The van der Waals surface area contributed by atoms with E-state index in [2.05, 4.69) is 58.7 Å². The number of rotatable bonds is 5. The first-order valence-corrected chi connectivity index (χ1v) is 8.91. The molecule has 1 aromatic heterocycles. The van der Waals surface area contributed by atoms with Gasteiger partial charge in [0.1, 0.15) is 0 Å². The van der Waals surface area contributed by atoms with E-state index < -0.39 is 0 Å². The quantitative estimate of drug-likeness (QED) is 0.794. The Morgan fingerprint density at radius 1 is 1.23 bits per heavy atom. The molecule has 1 saturated heterocycles. The molecule has 1 atom stereocenters. The molecule has 0 N–H and O–H groups in total. The summed E-state index contributed by atoms with van der Waals surface area (Å²) in [7, 11) is 2.24. The molecule has 22 heavy (non-hydrogen) atoms. The molecule has 1 aromatic carbocycles. The predicted molar refractivity (Wildman–Crippen MR) is 89.5 cm³/mol. The second-order valence-corrected chi connectivity index (χ2v) is 7.04. The lowest BCUT2D eigenvalue weighted by Crippen LogP contribution is -2.36. The van der Waals surface area contributed by atoms with Gasteiger partial charge in [0.05, 0.1) is 5.69 Å². The Morgan fingerprint density at radius 2 is 2.05 bits per heavy atom. The highest BCUT2D eigenvalue weighted by Crippen LogP contribution is 2.23. The van der Waals surface area contributed by atoms with Crippen LogP contribution in [0.4, 0.5) is 0 Å². The van der Waals surface area contributed by atoms with Crippen molar-refractivity contribution in [2.24, 2.45) is 0 Å². The minimum Gasteiger partial charge on any atom is -0.303 e. The van der Waals surface area contributed by atoms with E-state index in [1.807, 2.05) is 4.68 Å².